The third-order valence-corrected chi connectivity index (χ3v) is 10.7. The van der Waals surface area contributed by atoms with Crippen molar-refractivity contribution in [3.05, 3.63) is 72.9 Å². The van der Waals surface area contributed by atoms with E-state index in [9.17, 15) is 14.3 Å². The van der Waals surface area contributed by atoms with Crippen molar-refractivity contribution >= 4 is 13.8 Å². The molecule has 0 rings (SSSR count). The van der Waals surface area contributed by atoms with E-state index in [0.29, 0.717) is 24.1 Å². The summed E-state index contributed by atoms with van der Waals surface area (Å²) in [5, 5.41) is 0. The van der Waals surface area contributed by atoms with Gasteiger partial charge in [-0.1, -0.05) is 196 Å². The number of quaternary nitrogens is 1. The van der Waals surface area contributed by atoms with Crippen LogP contribution in [0.15, 0.2) is 72.9 Å². The predicted molar refractivity (Wildman–Crippen MR) is 249 cm³/mol. The monoisotopic (exact) mass is 848 g/mol. The SMILES string of the molecule is CC/C=C\C/C=C\C/C=C\C/C=C\C/C=C\C/C=C\CCC(=O)OC(COCCCCCCCCCCCCCCCCCCCC)COP(=O)([O-])OCC[N+](C)(C)C. The van der Waals surface area contributed by atoms with Crippen LogP contribution in [0.1, 0.15) is 181 Å². The largest absolute Gasteiger partial charge is 0.756 e. The third-order valence-electron chi connectivity index (χ3n) is 9.79. The molecule has 0 heterocycles. The molecule has 2 atom stereocenters. The Balaban J connectivity index is 4.32. The smallest absolute Gasteiger partial charge is 0.306 e. The standard InChI is InChI=1S/C50H90NO7P/c1-6-8-10-12-14-16-18-20-22-24-26-27-29-31-33-35-37-39-41-43-50(52)58-49(48-57-59(53,54)56-46-44-51(3,4)5)47-55-45-42-40-38-36-34-32-30-28-25-23-21-19-17-15-13-11-9-7-2/h8,10,14,16,20,22,26-27,31,33,37,39,49H,6-7,9,11-13,15,17-19,21,23-25,28-30,32,34-36,38,40-48H2,1-5H3/b10-8-,16-14-,22-20-,27-26-,33-31-,39-37-. The normalized spacial score (nSPS) is 14.3. The highest BCUT2D eigenvalue weighted by atomic mass is 31.2. The van der Waals surface area contributed by atoms with Gasteiger partial charge in [0.05, 0.1) is 34.4 Å². The van der Waals surface area contributed by atoms with Crippen LogP contribution in [0.3, 0.4) is 0 Å². The van der Waals surface area contributed by atoms with Gasteiger partial charge >= 0.3 is 5.97 Å². The first-order valence-electron chi connectivity index (χ1n) is 23.7. The van der Waals surface area contributed by atoms with Crippen LogP contribution in [0.25, 0.3) is 0 Å². The fourth-order valence-electron chi connectivity index (χ4n) is 6.16. The quantitative estimate of drug-likeness (QED) is 0.0198. The molecule has 0 N–H and O–H groups in total. The van der Waals surface area contributed by atoms with Crippen LogP contribution in [0, 0.1) is 0 Å². The maximum Gasteiger partial charge on any atom is 0.306 e. The van der Waals surface area contributed by atoms with Crippen molar-refractivity contribution in [2.24, 2.45) is 0 Å². The number of esters is 1. The first-order chi connectivity index (χ1) is 28.6. The van der Waals surface area contributed by atoms with Gasteiger partial charge in [-0.25, -0.2) is 0 Å². The summed E-state index contributed by atoms with van der Waals surface area (Å²) in [4.78, 5) is 25.1. The van der Waals surface area contributed by atoms with Gasteiger partial charge in [0.2, 0.25) is 0 Å². The van der Waals surface area contributed by atoms with E-state index in [1.807, 2.05) is 33.3 Å². The number of nitrogens with zero attached hydrogens (tertiary/aromatic N) is 1. The van der Waals surface area contributed by atoms with Crippen LogP contribution in [-0.4, -0.2) is 70.7 Å². The number of phosphoric ester groups is 1. The number of hydrogen-bond acceptors (Lipinski definition) is 7. The Morgan fingerprint density at radius 2 is 0.949 bits per heavy atom. The molecule has 2 unspecified atom stereocenters. The van der Waals surface area contributed by atoms with Crippen LogP contribution >= 0.6 is 7.82 Å². The van der Waals surface area contributed by atoms with Gasteiger partial charge < -0.3 is 27.9 Å². The zero-order valence-electron chi connectivity index (χ0n) is 38.7. The van der Waals surface area contributed by atoms with Crippen molar-refractivity contribution in [2.45, 2.75) is 187 Å². The average Bonchev–Trinajstić information content (AvgIpc) is 3.19. The molecule has 0 aliphatic rings. The lowest BCUT2D eigenvalue weighted by atomic mass is 10.0. The second kappa shape index (κ2) is 42.6. The summed E-state index contributed by atoms with van der Waals surface area (Å²) in [6.07, 6.45) is 55.1. The van der Waals surface area contributed by atoms with E-state index in [0.717, 1.165) is 51.4 Å². The first-order valence-corrected chi connectivity index (χ1v) is 25.1. The number of unbranched alkanes of at least 4 members (excludes halogenated alkanes) is 17. The van der Waals surface area contributed by atoms with Crippen molar-refractivity contribution in [3.8, 4) is 0 Å². The van der Waals surface area contributed by atoms with E-state index >= 15 is 0 Å². The Bertz CT molecular complexity index is 1170. The number of ether oxygens (including phenoxy) is 2. The van der Waals surface area contributed by atoms with Crippen molar-refractivity contribution in [1.29, 1.82) is 0 Å². The number of allylic oxidation sites excluding steroid dienone is 12. The van der Waals surface area contributed by atoms with Gasteiger partial charge in [-0.2, -0.15) is 0 Å². The van der Waals surface area contributed by atoms with Gasteiger partial charge in [-0.3, -0.25) is 9.36 Å². The van der Waals surface area contributed by atoms with Crippen LogP contribution < -0.4 is 4.89 Å². The van der Waals surface area contributed by atoms with Crippen LogP contribution in [-0.2, 0) is 27.9 Å². The summed E-state index contributed by atoms with van der Waals surface area (Å²) in [5.74, 6) is -0.415. The summed E-state index contributed by atoms with van der Waals surface area (Å²) in [6, 6.07) is 0. The molecule has 0 aliphatic heterocycles. The number of hydrogen-bond donors (Lipinski definition) is 0. The Labute approximate surface area is 363 Å². The summed E-state index contributed by atoms with van der Waals surface area (Å²) < 4.78 is 34.6. The van der Waals surface area contributed by atoms with Crippen LogP contribution in [0.5, 0.6) is 0 Å². The second-order valence-electron chi connectivity index (χ2n) is 16.7. The minimum absolute atomic E-state index is 0.0105. The fraction of sp³-hybridized carbons (Fsp3) is 0.740. The Morgan fingerprint density at radius 1 is 0.542 bits per heavy atom. The van der Waals surface area contributed by atoms with Gasteiger partial charge in [0.15, 0.2) is 0 Å². The zero-order valence-corrected chi connectivity index (χ0v) is 39.6. The first kappa shape index (κ1) is 56.9. The van der Waals surface area contributed by atoms with Gasteiger partial charge in [0.25, 0.3) is 7.82 Å². The molecule has 342 valence electrons. The molecule has 0 aliphatic carbocycles. The molecule has 0 aromatic carbocycles. The molecule has 0 fully saturated rings. The number of phosphoric acid groups is 1. The predicted octanol–water partition coefficient (Wildman–Crippen LogP) is 13.6. The molecule has 0 aromatic heterocycles. The Hall–Kier alpha value is -2.06. The topological polar surface area (TPSA) is 94.1 Å². The van der Waals surface area contributed by atoms with Crippen molar-refractivity contribution in [1.82, 2.24) is 0 Å². The minimum atomic E-state index is -4.55. The average molecular weight is 848 g/mol. The Morgan fingerprint density at radius 3 is 1.37 bits per heavy atom. The lowest BCUT2D eigenvalue weighted by Gasteiger charge is -2.28. The molecule has 0 amide bonds. The van der Waals surface area contributed by atoms with E-state index in [2.05, 4.69) is 74.6 Å². The maximum absolute atomic E-state index is 12.7. The molecule has 0 aromatic rings. The summed E-state index contributed by atoms with van der Waals surface area (Å²) in [6.45, 7) is 5.20. The van der Waals surface area contributed by atoms with Crippen molar-refractivity contribution in [2.75, 3.05) is 54.1 Å². The number of carbonyl (C=O) groups excluding carboxylic acids is 1. The van der Waals surface area contributed by atoms with Crippen LogP contribution in [0.4, 0.5) is 0 Å². The molecular formula is C50H90NO7P. The molecule has 0 saturated heterocycles. The minimum Gasteiger partial charge on any atom is -0.756 e. The van der Waals surface area contributed by atoms with Crippen LogP contribution in [0.2, 0.25) is 0 Å². The maximum atomic E-state index is 12.7. The fourth-order valence-corrected chi connectivity index (χ4v) is 6.89. The van der Waals surface area contributed by atoms with Gasteiger partial charge in [0.1, 0.15) is 19.3 Å². The molecule has 0 radical (unpaired) electrons. The van der Waals surface area contributed by atoms with Gasteiger partial charge in [0, 0.05) is 13.0 Å². The number of likely N-dealkylation sites (N-methyl/N-ethyl adjacent to an activating group) is 1. The molecule has 0 bridgehead atoms. The van der Waals surface area contributed by atoms with Crippen molar-refractivity contribution < 1.29 is 37.3 Å². The summed E-state index contributed by atoms with van der Waals surface area (Å²) >= 11 is 0. The highest BCUT2D eigenvalue weighted by molar-refractivity contribution is 7.45. The number of carbonyl (C=O) groups is 1. The Kier molecular flexibility index (Phi) is 41.1. The highest BCUT2D eigenvalue weighted by Crippen LogP contribution is 2.38. The lowest BCUT2D eigenvalue weighted by molar-refractivity contribution is -0.870. The molecule has 8 nitrogen and oxygen atoms in total. The van der Waals surface area contributed by atoms with E-state index < -0.39 is 19.9 Å². The highest BCUT2D eigenvalue weighted by Gasteiger charge is 2.20. The summed E-state index contributed by atoms with van der Waals surface area (Å²) in [7, 11) is 1.31. The lowest BCUT2D eigenvalue weighted by Crippen LogP contribution is -2.37. The van der Waals surface area contributed by atoms with Gasteiger partial charge in [-0.15, -0.1) is 0 Å². The van der Waals surface area contributed by atoms with E-state index in [1.165, 1.54) is 103 Å². The van der Waals surface area contributed by atoms with E-state index in [1.54, 1.807) is 0 Å². The second-order valence-corrected chi connectivity index (χ2v) is 18.2. The van der Waals surface area contributed by atoms with E-state index in [-0.39, 0.29) is 26.2 Å². The molecular weight excluding hydrogens is 758 g/mol. The summed E-state index contributed by atoms with van der Waals surface area (Å²) in [5.41, 5.74) is 0. The third kappa shape index (κ3) is 46.9. The van der Waals surface area contributed by atoms with Gasteiger partial charge in [-0.05, 0) is 51.4 Å². The molecule has 0 spiro atoms. The molecule has 0 saturated carbocycles. The molecule has 59 heavy (non-hydrogen) atoms. The molecule has 9 heteroatoms. The van der Waals surface area contributed by atoms with E-state index in [4.69, 9.17) is 18.5 Å². The zero-order chi connectivity index (χ0) is 43.4. The number of rotatable bonds is 43. The van der Waals surface area contributed by atoms with Crippen molar-refractivity contribution in [3.63, 3.8) is 0 Å².